The molecular formula is C29H31Cl2N5O3. The van der Waals surface area contributed by atoms with E-state index in [0.717, 1.165) is 30.7 Å². The van der Waals surface area contributed by atoms with Crippen LogP contribution in [0.15, 0.2) is 76.2 Å². The molecule has 0 fully saturated rings. The average Bonchev–Trinajstić information content (AvgIpc) is 2.92. The van der Waals surface area contributed by atoms with Gasteiger partial charge in [0.15, 0.2) is 5.84 Å². The fourth-order valence-corrected chi connectivity index (χ4v) is 4.49. The highest BCUT2D eigenvalue weighted by atomic mass is 35.5. The van der Waals surface area contributed by atoms with Gasteiger partial charge in [-0.05, 0) is 56.0 Å². The van der Waals surface area contributed by atoms with Crippen LogP contribution in [-0.4, -0.2) is 44.2 Å². The topological polar surface area (TPSA) is 111 Å². The van der Waals surface area contributed by atoms with E-state index in [1.165, 1.54) is 25.9 Å². The summed E-state index contributed by atoms with van der Waals surface area (Å²) in [5.74, 6) is 1.13. The molecule has 0 spiro atoms. The summed E-state index contributed by atoms with van der Waals surface area (Å²) in [4.78, 5) is 25.0. The molecule has 1 amide bonds. The normalized spacial score (nSPS) is 14.5. The van der Waals surface area contributed by atoms with Crippen molar-refractivity contribution in [1.82, 2.24) is 0 Å². The third kappa shape index (κ3) is 7.59. The van der Waals surface area contributed by atoms with E-state index in [1.54, 1.807) is 12.1 Å². The molecule has 0 unspecified atom stereocenters. The number of amides is 1. The second-order valence-electron chi connectivity index (χ2n) is 8.62. The SMILES string of the molecule is C=CC(=O)Nc1ccc(CCCC(C)=NCN=C2N=C(N)C(=C)C=C2c2c(Cl)c(OC)cc(OC)c2Cl)cc1. The number of anilines is 1. The second-order valence-corrected chi connectivity index (χ2v) is 9.38. The summed E-state index contributed by atoms with van der Waals surface area (Å²) < 4.78 is 10.8. The van der Waals surface area contributed by atoms with Crippen LogP contribution in [0.5, 0.6) is 11.5 Å². The van der Waals surface area contributed by atoms with E-state index in [0.29, 0.717) is 44.1 Å². The van der Waals surface area contributed by atoms with Crippen LogP contribution in [0.2, 0.25) is 10.0 Å². The number of nitrogens with two attached hydrogens (primary N) is 1. The lowest BCUT2D eigenvalue weighted by atomic mass is 9.98. The van der Waals surface area contributed by atoms with Crippen LogP contribution in [-0.2, 0) is 11.2 Å². The fraction of sp³-hybridized carbons (Fsp3) is 0.241. The zero-order valence-corrected chi connectivity index (χ0v) is 23.7. The number of ether oxygens (including phenoxy) is 2. The molecule has 1 aliphatic rings. The highest BCUT2D eigenvalue weighted by molar-refractivity contribution is 6.44. The molecule has 0 aliphatic carbocycles. The lowest BCUT2D eigenvalue weighted by Crippen LogP contribution is -2.21. The summed E-state index contributed by atoms with van der Waals surface area (Å²) in [6.07, 6.45) is 5.56. The minimum atomic E-state index is -0.235. The Morgan fingerprint density at radius 3 is 2.38 bits per heavy atom. The quantitative estimate of drug-likeness (QED) is 0.245. The summed E-state index contributed by atoms with van der Waals surface area (Å²) in [5, 5.41) is 3.32. The van der Waals surface area contributed by atoms with E-state index in [9.17, 15) is 4.79 Å². The lowest BCUT2D eigenvalue weighted by molar-refractivity contribution is -0.111. The lowest BCUT2D eigenvalue weighted by Gasteiger charge is -2.19. The zero-order valence-electron chi connectivity index (χ0n) is 22.2. The van der Waals surface area contributed by atoms with Gasteiger partial charge in [0.1, 0.15) is 24.0 Å². The third-order valence-electron chi connectivity index (χ3n) is 5.93. The van der Waals surface area contributed by atoms with Crippen molar-refractivity contribution in [2.45, 2.75) is 26.2 Å². The number of carbonyl (C=O) groups is 1. The Kier molecular flexibility index (Phi) is 10.5. The van der Waals surface area contributed by atoms with Crippen LogP contribution in [0, 0.1) is 0 Å². The number of nitrogens with zero attached hydrogens (tertiary/aromatic N) is 3. The van der Waals surface area contributed by atoms with Crippen molar-refractivity contribution in [3.63, 3.8) is 0 Å². The number of aliphatic imine (C=N–C) groups is 3. The number of halogens is 2. The van der Waals surface area contributed by atoms with Crippen LogP contribution in [0.4, 0.5) is 5.69 Å². The molecule has 0 saturated carbocycles. The Morgan fingerprint density at radius 2 is 1.79 bits per heavy atom. The van der Waals surface area contributed by atoms with Gasteiger partial charge in [-0.2, -0.15) is 0 Å². The van der Waals surface area contributed by atoms with Gasteiger partial charge in [-0.25, -0.2) is 9.98 Å². The largest absolute Gasteiger partial charge is 0.495 e. The molecule has 2 aromatic carbocycles. The van der Waals surface area contributed by atoms with E-state index in [4.69, 9.17) is 38.4 Å². The van der Waals surface area contributed by atoms with Crippen molar-refractivity contribution in [1.29, 1.82) is 0 Å². The molecule has 0 atom stereocenters. The average molecular weight is 569 g/mol. The van der Waals surface area contributed by atoms with Crippen molar-refractivity contribution < 1.29 is 14.3 Å². The zero-order chi connectivity index (χ0) is 28.5. The first kappa shape index (κ1) is 29.7. The molecule has 204 valence electrons. The van der Waals surface area contributed by atoms with Gasteiger partial charge in [0.05, 0.1) is 24.3 Å². The van der Waals surface area contributed by atoms with E-state index in [-0.39, 0.29) is 18.4 Å². The van der Waals surface area contributed by atoms with Crippen LogP contribution in [0.3, 0.4) is 0 Å². The number of aryl methyl sites for hydroxylation is 1. The van der Waals surface area contributed by atoms with E-state index in [2.05, 4.69) is 33.5 Å². The second kappa shape index (κ2) is 13.8. The highest BCUT2D eigenvalue weighted by Crippen LogP contribution is 2.44. The standard InChI is InChI=1S/C29H31Cl2N5O3/c1-6-24(37)35-20-12-10-19(11-13-20)9-7-8-18(3)33-16-34-29-21(14-17(2)28(32)36-29)25-26(30)22(38-4)15-23(39-5)27(25)31/h6,10-15H,1-2,7-9,16H2,3-5H3,(H,35,37)(H2,32,34,36). The number of hydrogen-bond acceptors (Lipinski definition) is 6. The molecule has 2 aromatic rings. The maximum Gasteiger partial charge on any atom is 0.247 e. The van der Waals surface area contributed by atoms with Crippen molar-refractivity contribution in [2.24, 2.45) is 20.7 Å². The Morgan fingerprint density at radius 1 is 1.15 bits per heavy atom. The summed E-state index contributed by atoms with van der Waals surface area (Å²) in [5.41, 5.74) is 10.4. The number of dihydropyridines is 1. The first-order chi connectivity index (χ1) is 18.7. The Bertz CT molecular complexity index is 1360. The van der Waals surface area contributed by atoms with Crippen LogP contribution >= 0.6 is 23.2 Å². The molecule has 0 radical (unpaired) electrons. The summed E-state index contributed by atoms with van der Waals surface area (Å²) >= 11 is 13.3. The van der Waals surface area contributed by atoms with Gasteiger partial charge in [0.25, 0.3) is 0 Å². The van der Waals surface area contributed by atoms with Crippen molar-refractivity contribution in [2.75, 3.05) is 26.2 Å². The van der Waals surface area contributed by atoms with Gasteiger partial charge in [0.2, 0.25) is 5.91 Å². The summed E-state index contributed by atoms with van der Waals surface area (Å²) in [7, 11) is 3.02. The van der Waals surface area contributed by atoms with Gasteiger partial charge in [0, 0.05) is 34.2 Å². The Labute approximate surface area is 238 Å². The Hall–Kier alpha value is -3.88. The van der Waals surface area contributed by atoms with Gasteiger partial charge >= 0.3 is 0 Å². The van der Waals surface area contributed by atoms with Crippen LogP contribution in [0.1, 0.15) is 30.9 Å². The van der Waals surface area contributed by atoms with Crippen LogP contribution < -0.4 is 20.5 Å². The number of rotatable bonds is 11. The van der Waals surface area contributed by atoms with Crippen molar-refractivity contribution >= 4 is 57.8 Å². The molecule has 0 saturated heterocycles. The van der Waals surface area contributed by atoms with Crippen molar-refractivity contribution in [3.8, 4) is 11.5 Å². The Balaban J connectivity index is 1.71. The number of carbonyl (C=O) groups excluding carboxylic acids is 1. The monoisotopic (exact) mass is 567 g/mol. The molecule has 10 heteroatoms. The number of amidine groups is 2. The van der Waals surface area contributed by atoms with Crippen molar-refractivity contribution in [3.05, 3.63) is 82.4 Å². The first-order valence-corrected chi connectivity index (χ1v) is 12.9. The maximum absolute atomic E-state index is 11.4. The summed E-state index contributed by atoms with van der Waals surface area (Å²) in [6, 6.07) is 9.35. The first-order valence-electron chi connectivity index (χ1n) is 12.1. The smallest absolute Gasteiger partial charge is 0.247 e. The van der Waals surface area contributed by atoms with Crippen LogP contribution in [0.25, 0.3) is 5.57 Å². The molecule has 3 rings (SSSR count). The maximum atomic E-state index is 11.4. The van der Waals surface area contributed by atoms with E-state index < -0.39 is 0 Å². The van der Waals surface area contributed by atoms with E-state index in [1.807, 2.05) is 31.2 Å². The number of hydrogen-bond donors (Lipinski definition) is 2. The molecule has 1 aliphatic heterocycles. The fourth-order valence-electron chi connectivity index (χ4n) is 3.78. The number of nitrogens with one attached hydrogen (secondary N) is 1. The molecule has 3 N–H and O–H groups in total. The van der Waals surface area contributed by atoms with E-state index >= 15 is 0 Å². The molecule has 8 nitrogen and oxygen atoms in total. The third-order valence-corrected chi connectivity index (χ3v) is 6.68. The minimum absolute atomic E-state index is 0.149. The minimum Gasteiger partial charge on any atom is -0.495 e. The van der Waals surface area contributed by atoms with Gasteiger partial charge in [-0.1, -0.05) is 48.5 Å². The molecule has 0 bridgehead atoms. The molecule has 0 aromatic heterocycles. The molecule has 1 heterocycles. The number of methoxy groups -OCH3 is 2. The molecule has 39 heavy (non-hydrogen) atoms. The predicted octanol–water partition coefficient (Wildman–Crippen LogP) is 6.29. The summed E-state index contributed by atoms with van der Waals surface area (Å²) in [6.45, 7) is 9.52. The van der Waals surface area contributed by atoms with Gasteiger partial charge < -0.3 is 20.5 Å². The predicted molar refractivity (Wildman–Crippen MR) is 162 cm³/mol. The van der Waals surface area contributed by atoms with Gasteiger partial charge in [-0.15, -0.1) is 0 Å². The molecular weight excluding hydrogens is 537 g/mol. The number of benzene rings is 2. The highest BCUT2D eigenvalue weighted by Gasteiger charge is 2.25. The van der Waals surface area contributed by atoms with Gasteiger partial charge in [-0.3, -0.25) is 9.79 Å².